The normalized spacial score (nSPS) is 11.0. The van der Waals surface area contributed by atoms with E-state index < -0.39 is 0 Å². The molecule has 32 heavy (non-hydrogen) atoms. The maximum Gasteiger partial charge on any atom is 0.251 e. The summed E-state index contributed by atoms with van der Waals surface area (Å²) in [6.45, 7) is 9.48. The van der Waals surface area contributed by atoms with Crippen LogP contribution in [-0.2, 0) is 4.79 Å². The first-order valence-corrected chi connectivity index (χ1v) is 11.8. The molecule has 0 fully saturated rings. The van der Waals surface area contributed by atoms with E-state index in [0.29, 0.717) is 30.4 Å². The summed E-state index contributed by atoms with van der Waals surface area (Å²) in [6, 6.07) is 14.2. The zero-order valence-corrected chi connectivity index (χ0v) is 20.3. The molecule has 0 aliphatic heterocycles. The first kappa shape index (κ1) is 25.4. The van der Waals surface area contributed by atoms with Crippen LogP contribution in [0, 0.1) is 0 Å². The summed E-state index contributed by atoms with van der Waals surface area (Å²) in [5, 5.41) is 9.21. The quantitative estimate of drug-likeness (QED) is 0.351. The highest BCUT2D eigenvalue weighted by molar-refractivity contribution is 5.94. The molecule has 0 atom stereocenters. The number of amides is 2. The van der Waals surface area contributed by atoms with Crippen LogP contribution >= 0.6 is 0 Å². The molecule has 2 rings (SSSR count). The molecule has 0 bridgehead atoms. The summed E-state index contributed by atoms with van der Waals surface area (Å²) in [7, 11) is 1.66. The zero-order chi connectivity index (χ0) is 23.5. The summed E-state index contributed by atoms with van der Waals surface area (Å²) >= 11 is 0. The number of anilines is 2. The average Bonchev–Trinajstić information content (AvgIpc) is 2.78. The van der Waals surface area contributed by atoms with E-state index in [1.807, 2.05) is 24.3 Å². The highest BCUT2D eigenvalue weighted by atomic mass is 16.2. The Kier molecular flexibility index (Phi) is 10.3. The second-order valence-corrected chi connectivity index (χ2v) is 8.92. The van der Waals surface area contributed by atoms with Crippen molar-refractivity contribution in [1.29, 1.82) is 0 Å². The predicted octanol–water partition coefficient (Wildman–Crippen LogP) is 6.10. The molecule has 0 spiro atoms. The molecule has 3 N–H and O–H groups in total. The molecule has 0 saturated carbocycles. The molecule has 0 heterocycles. The summed E-state index contributed by atoms with van der Waals surface area (Å²) in [4.78, 5) is 23.6. The fourth-order valence-electron chi connectivity index (χ4n) is 3.74. The largest absolute Gasteiger partial charge is 0.359 e. The molecule has 0 aliphatic carbocycles. The maximum absolute atomic E-state index is 12.4. The zero-order valence-electron chi connectivity index (χ0n) is 20.3. The predicted molar refractivity (Wildman–Crippen MR) is 134 cm³/mol. The van der Waals surface area contributed by atoms with Crippen LogP contribution in [0.3, 0.4) is 0 Å². The van der Waals surface area contributed by atoms with Crippen LogP contribution in [0.25, 0.3) is 0 Å². The van der Waals surface area contributed by atoms with Crippen molar-refractivity contribution in [2.45, 2.75) is 71.6 Å². The van der Waals surface area contributed by atoms with Crippen LogP contribution in [0.1, 0.15) is 93.1 Å². The van der Waals surface area contributed by atoms with Crippen LogP contribution in [-0.4, -0.2) is 25.4 Å². The summed E-state index contributed by atoms with van der Waals surface area (Å²) in [6.07, 6.45) is 4.39. The minimum Gasteiger partial charge on any atom is -0.359 e. The Balaban J connectivity index is 1.88. The first-order valence-electron chi connectivity index (χ1n) is 11.8. The molecule has 0 unspecified atom stereocenters. The van der Waals surface area contributed by atoms with Crippen LogP contribution in [0.15, 0.2) is 42.5 Å². The molecular formula is C27H39N3O2. The van der Waals surface area contributed by atoms with Gasteiger partial charge in [0.25, 0.3) is 5.91 Å². The van der Waals surface area contributed by atoms with E-state index in [-0.39, 0.29) is 11.8 Å². The third kappa shape index (κ3) is 7.70. The topological polar surface area (TPSA) is 70.2 Å². The fourth-order valence-corrected chi connectivity index (χ4v) is 3.74. The van der Waals surface area contributed by atoms with Gasteiger partial charge in [-0.25, -0.2) is 0 Å². The molecule has 2 amide bonds. The summed E-state index contributed by atoms with van der Waals surface area (Å²) < 4.78 is 0. The molecule has 0 aliphatic rings. The highest BCUT2D eigenvalue weighted by Crippen LogP contribution is 2.34. The standard InChI is InChI=1S/C27H39N3O2/c1-19(2)23-11-10-12-24(20(3)4)26(23)30-22-16-14-21(15-17-22)27(32)29-18-9-7-6-8-13-25(31)28-5/h10-12,14-17,19-20,30H,6-9,13,18H2,1-5H3,(H,28,31)(H,29,32). The minimum absolute atomic E-state index is 0.0487. The smallest absolute Gasteiger partial charge is 0.251 e. The number of hydrogen-bond donors (Lipinski definition) is 3. The number of rotatable bonds is 12. The second-order valence-electron chi connectivity index (χ2n) is 8.92. The van der Waals surface area contributed by atoms with E-state index in [0.717, 1.165) is 31.4 Å². The Bertz CT molecular complexity index is 847. The van der Waals surface area contributed by atoms with E-state index in [9.17, 15) is 9.59 Å². The van der Waals surface area contributed by atoms with E-state index >= 15 is 0 Å². The molecule has 5 heteroatoms. The van der Waals surface area contributed by atoms with Crippen LogP contribution in [0.2, 0.25) is 0 Å². The summed E-state index contributed by atoms with van der Waals surface area (Å²) in [5.41, 5.74) is 5.41. The first-order chi connectivity index (χ1) is 15.3. The van der Waals surface area contributed by atoms with Gasteiger partial charge in [-0.05, 0) is 60.1 Å². The van der Waals surface area contributed by atoms with Crippen molar-refractivity contribution in [2.75, 3.05) is 18.9 Å². The number of unbranched alkanes of at least 4 members (excludes halogenated alkanes) is 3. The van der Waals surface area contributed by atoms with Crippen molar-refractivity contribution in [1.82, 2.24) is 10.6 Å². The third-order valence-corrected chi connectivity index (χ3v) is 5.68. The van der Waals surface area contributed by atoms with Gasteiger partial charge in [-0.1, -0.05) is 58.7 Å². The monoisotopic (exact) mass is 437 g/mol. The SMILES string of the molecule is CNC(=O)CCCCCCNC(=O)c1ccc(Nc2c(C(C)C)cccc2C(C)C)cc1. The lowest BCUT2D eigenvalue weighted by molar-refractivity contribution is -0.120. The van der Waals surface area contributed by atoms with Crippen molar-refractivity contribution in [3.05, 3.63) is 59.2 Å². The molecule has 0 aromatic heterocycles. The molecule has 0 radical (unpaired) electrons. The van der Waals surface area contributed by atoms with Gasteiger partial charge in [-0.3, -0.25) is 9.59 Å². The van der Waals surface area contributed by atoms with Gasteiger partial charge in [0.15, 0.2) is 0 Å². The van der Waals surface area contributed by atoms with E-state index in [1.54, 1.807) is 7.05 Å². The van der Waals surface area contributed by atoms with Gasteiger partial charge in [-0.15, -0.1) is 0 Å². The highest BCUT2D eigenvalue weighted by Gasteiger charge is 2.14. The van der Waals surface area contributed by atoms with Crippen molar-refractivity contribution < 1.29 is 9.59 Å². The van der Waals surface area contributed by atoms with Crippen LogP contribution < -0.4 is 16.0 Å². The Hall–Kier alpha value is -2.82. The lowest BCUT2D eigenvalue weighted by Gasteiger charge is -2.21. The van der Waals surface area contributed by atoms with Crippen molar-refractivity contribution in [3.8, 4) is 0 Å². The van der Waals surface area contributed by atoms with Gasteiger partial charge in [-0.2, -0.15) is 0 Å². The van der Waals surface area contributed by atoms with Gasteiger partial charge in [0.1, 0.15) is 0 Å². The van der Waals surface area contributed by atoms with Crippen molar-refractivity contribution in [2.24, 2.45) is 0 Å². The van der Waals surface area contributed by atoms with Crippen molar-refractivity contribution >= 4 is 23.2 Å². The lowest BCUT2D eigenvalue weighted by Crippen LogP contribution is -2.24. The van der Waals surface area contributed by atoms with Gasteiger partial charge >= 0.3 is 0 Å². The molecule has 174 valence electrons. The average molecular weight is 438 g/mol. The third-order valence-electron chi connectivity index (χ3n) is 5.68. The van der Waals surface area contributed by atoms with Gasteiger partial charge < -0.3 is 16.0 Å². The number of benzene rings is 2. The molecule has 0 saturated heterocycles. The number of nitrogens with one attached hydrogen (secondary N) is 3. The Morgan fingerprint density at radius 3 is 1.97 bits per heavy atom. The van der Waals surface area contributed by atoms with Gasteiger partial charge in [0, 0.05) is 37.0 Å². The second kappa shape index (κ2) is 12.9. The van der Waals surface area contributed by atoms with E-state index in [1.165, 1.54) is 16.8 Å². The number of carbonyl (C=O) groups excluding carboxylic acids is 2. The van der Waals surface area contributed by atoms with Gasteiger partial charge in [0.05, 0.1) is 0 Å². The number of carbonyl (C=O) groups is 2. The van der Waals surface area contributed by atoms with E-state index in [2.05, 4.69) is 61.8 Å². The maximum atomic E-state index is 12.4. The minimum atomic E-state index is -0.0487. The Morgan fingerprint density at radius 2 is 1.41 bits per heavy atom. The number of hydrogen-bond acceptors (Lipinski definition) is 3. The van der Waals surface area contributed by atoms with E-state index in [4.69, 9.17) is 0 Å². The Labute approximate surface area is 193 Å². The van der Waals surface area contributed by atoms with Crippen LogP contribution in [0.4, 0.5) is 11.4 Å². The van der Waals surface area contributed by atoms with Crippen LogP contribution in [0.5, 0.6) is 0 Å². The molecule has 2 aromatic rings. The fraction of sp³-hybridized carbons (Fsp3) is 0.481. The summed E-state index contributed by atoms with van der Waals surface area (Å²) in [5.74, 6) is 0.881. The number of para-hydroxylation sites is 1. The van der Waals surface area contributed by atoms with Gasteiger partial charge in [0.2, 0.25) is 5.91 Å². The lowest BCUT2D eigenvalue weighted by atomic mass is 9.92. The molecular weight excluding hydrogens is 398 g/mol. The molecule has 5 nitrogen and oxygen atoms in total. The Morgan fingerprint density at radius 1 is 0.812 bits per heavy atom. The van der Waals surface area contributed by atoms with Crippen molar-refractivity contribution in [3.63, 3.8) is 0 Å². The molecule has 2 aromatic carbocycles.